The minimum atomic E-state index is -0.113. The van der Waals surface area contributed by atoms with Gasteiger partial charge >= 0.3 is 0 Å². The molecule has 82 valence electrons. The van der Waals surface area contributed by atoms with Crippen molar-refractivity contribution in [2.75, 3.05) is 0 Å². The third-order valence-corrected chi connectivity index (χ3v) is 2.43. The molecule has 0 spiro atoms. The molecule has 0 aliphatic carbocycles. The second-order valence-electron chi connectivity index (χ2n) is 3.63. The third kappa shape index (κ3) is 2.00. The van der Waals surface area contributed by atoms with Crippen molar-refractivity contribution in [3.8, 4) is 11.4 Å². The summed E-state index contributed by atoms with van der Waals surface area (Å²) in [5.74, 6) is 0.615. The van der Waals surface area contributed by atoms with Gasteiger partial charge in [0, 0.05) is 29.7 Å². The van der Waals surface area contributed by atoms with Crippen molar-refractivity contribution in [2.24, 2.45) is 0 Å². The minimum absolute atomic E-state index is 0.113. The number of aromatic amines is 1. The van der Waals surface area contributed by atoms with Crippen molar-refractivity contribution < 1.29 is 0 Å². The van der Waals surface area contributed by atoms with Crippen LogP contribution in [-0.4, -0.2) is 15.0 Å². The van der Waals surface area contributed by atoms with Crippen LogP contribution in [0.2, 0.25) is 0 Å². The maximum atomic E-state index is 11.4. The molecule has 0 amide bonds. The number of aromatic nitrogens is 3. The van der Waals surface area contributed by atoms with Crippen LogP contribution in [0.5, 0.6) is 0 Å². The first-order chi connectivity index (χ1) is 7.70. The fourth-order valence-electron chi connectivity index (χ4n) is 1.56. The summed E-state index contributed by atoms with van der Waals surface area (Å²) in [6.45, 7) is 3.92. The molecule has 0 radical (unpaired) electrons. The van der Waals surface area contributed by atoms with Crippen LogP contribution < -0.4 is 5.56 Å². The molecule has 2 rings (SSSR count). The van der Waals surface area contributed by atoms with Crippen LogP contribution in [0.4, 0.5) is 0 Å². The van der Waals surface area contributed by atoms with E-state index in [1.807, 2.05) is 19.9 Å². The van der Waals surface area contributed by atoms with Crippen LogP contribution >= 0.6 is 0 Å². The highest BCUT2D eigenvalue weighted by Crippen LogP contribution is 2.16. The lowest BCUT2D eigenvalue weighted by molar-refractivity contribution is 0.984. The van der Waals surface area contributed by atoms with Crippen molar-refractivity contribution in [3.63, 3.8) is 0 Å². The van der Waals surface area contributed by atoms with Gasteiger partial charge in [0.15, 0.2) is 0 Å². The van der Waals surface area contributed by atoms with Gasteiger partial charge in [0.1, 0.15) is 5.82 Å². The molecule has 0 aliphatic rings. The highest BCUT2D eigenvalue weighted by Gasteiger charge is 2.05. The van der Waals surface area contributed by atoms with Crippen molar-refractivity contribution >= 4 is 0 Å². The molecule has 0 unspecified atom stereocenters. The molecular weight excluding hydrogens is 202 g/mol. The van der Waals surface area contributed by atoms with E-state index in [1.54, 1.807) is 12.4 Å². The Labute approximate surface area is 93.4 Å². The Morgan fingerprint density at radius 1 is 1.44 bits per heavy atom. The molecule has 0 atom stereocenters. The molecule has 4 heteroatoms. The zero-order valence-electron chi connectivity index (χ0n) is 9.32. The number of hydrogen-bond acceptors (Lipinski definition) is 3. The predicted molar refractivity (Wildman–Crippen MR) is 62.2 cm³/mol. The smallest absolute Gasteiger partial charge is 0.251 e. The molecule has 0 fully saturated rings. The Bertz CT molecular complexity index is 560. The molecule has 16 heavy (non-hydrogen) atoms. The van der Waals surface area contributed by atoms with E-state index in [0.29, 0.717) is 5.82 Å². The van der Waals surface area contributed by atoms with E-state index < -0.39 is 0 Å². The molecule has 0 saturated heterocycles. The van der Waals surface area contributed by atoms with Crippen LogP contribution in [0.1, 0.15) is 18.2 Å². The van der Waals surface area contributed by atoms with Crippen LogP contribution in [0.3, 0.4) is 0 Å². The second-order valence-corrected chi connectivity index (χ2v) is 3.63. The van der Waals surface area contributed by atoms with Gasteiger partial charge in [-0.2, -0.15) is 0 Å². The van der Waals surface area contributed by atoms with Gasteiger partial charge < -0.3 is 4.98 Å². The molecule has 0 aromatic carbocycles. The average Bonchev–Trinajstić information content (AvgIpc) is 2.28. The summed E-state index contributed by atoms with van der Waals surface area (Å²) in [5.41, 5.74) is 2.61. The van der Waals surface area contributed by atoms with E-state index in [9.17, 15) is 4.79 Å². The molecule has 2 aromatic rings. The number of hydrogen-bond donors (Lipinski definition) is 1. The summed E-state index contributed by atoms with van der Waals surface area (Å²) >= 11 is 0. The third-order valence-electron chi connectivity index (χ3n) is 2.43. The lowest BCUT2D eigenvalue weighted by atomic mass is 10.1. The largest absolute Gasteiger partial charge is 0.307 e. The fraction of sp³-hybridized carbons (Fsp3) is 0.250. The summed E-state index contributed by atoms with van der Waals surface area (Å²) in [6, 6.07) is 3.38. The normalized spacial score (nSPS) is 10.4. The highest BCUT2D eigenvalue weighted by atomic mass is 16.1. The Kier molecular flexibility index (Phi) is 2.81. The number of nitrogens with one attached hydrogen (secondary N) is 1. The Morgan fingerprint density at radius 3 is 2.94 bits per heavy atom. The van der Waals surface area contributed by atoms with Gasteiger partial charge in [0.25, 0.3) is 5.56 Å². The molecule has 2 heterocycles. The van der Waals surface area contributed by atoms with Crippen LogP contribution in [0.25, 0.3) is 11.4 Å². The van der Waals surface area contributed by atoms with Crippen molar-refractivity contribution in [1.29, 1.82) is 0 Å². The fourth-order valence-corrected chi connectivity index (χ4v) is 1.56. The molecule has 1 N–H and O–H groups in total. The lowest BCUT2D eigenvalue weighted by Crippen LogP contribution is -2.10. The molecule has 0 aliphatic heterocycles. The zero-order chi connectivity index (χ0) is 11.5. The summed E-state index contributed by atoms with van der Waals surface area (Å²) < 4.78 is 0. The monoisotopic (exact) mass is 215 g/mol. The van der Waals surface area contributed by atoms with Crippen molar-refractivity contribution in [3.05, 3.63) is 46.1 Å². The minimum Gasteiger partial charge on any atom is -0.307 e. The summed E-state index contributed by atoms with van der Waals surface area (Å²) in [5, 5.41) is 0. The molecule has 2 aromatic heterocycles. The first-order valence-electron chi connectivity index (χ1n) is 5.22. The Hall–Kier alpha value is -1.97. The van der Waals surface area contributed by atoms with Crippen LogP contribution in [0, 0.1) is 6.92 Å². The van der Waals surface area contributed by atoms with E-state index in [0.717, 1.165) is 23.2 Å². The van der Waals surface area contributed by atoms with Gasteiger partial charge in [-0.3, -0.25) is 9.78 Å². The van der Waals surface area contributed by atoms with E-state index in [-0.39, 0.29) is 5.56 Å². The van der Waals surface area contributed by atoms with E-state index in [2.05, 4.69) is 15.0 Å². The molecular formula is C12H13N3O. The Balaban J connectivity index is 2.60. The molecule has 4 nitrogen and oxygen atoms in total. The predicted octanol–water partition coefficient (Wildman–Crippen LogP) is 1.70. The van der Waals surface area contributed by atoms with E-state index >= 15 is 0 Å². The lowest BCUT2D eigenvalue weighted by Gasteiger charge is -2.05. The summed E-state index contributed by atoms with van der Waals surface area (Å²) in [6.07, 6.45) is 4.20. The SMILES string of the molecule is CCc1cc(=O)[nH]c(-c2ccncc2C)n1. The number of aryl methyl sites for hydroxylation is 2. The van der Waals surface area contributed by atoms with Crippen LogP contribution in [0.15, 0.2) is 29.3 Å². The number of H-pyrrole nitrogens is 1. The standard InChI is InChI=1S/C12H13N3O/c1-3-9-6-11(16)15-12(14-9)10-4-5-13-7-8(10)2/h4-7H,3H2,1-2H3,(H,14,15,16). The van der Waals surface area contributed by atoms with E-state index in [4.69, 9.17) is 0 Å². The first-order valence-corrected chi connectivity index (χ1v) is 5.22. The summed E-state index contributed by atoms with van der Waals surface area (Å²) in [7, 11) is 0. The van der Waals surface area contributed by atoms with E-state index in [1.165, 1.54) is 6.07 Å². The average molecular weight is 215 g/mol. The maximum Gasteiger partial charge on any atom is 0.251 e. The number of rotatable bonds is 2. The zero-order valence-corrected chi connectivity index (χ0v) is 9.32. The molecule has 0 saturated carbocycles. The van der Waals surface area contributed by atoms with Gasteiger partial charge in [-0.25, -0.2) is 4.98 Å². The number of nitrogens with zero attached hydrogens (tertiary/aromatic N) is 2. The first kappa shape index (κ1) is 10.5. The van der Waals surface area contributed by atoms with Gasteiger partial charge in [-0.05, 0) is 25.0 Å². The van der Waals surface area contributed by atoms with Gasteiger partial charge in [-0.15, -0.1) is 0 Å². The Morgan fingerprint density at radius 2 is 2.25 bits per heavy atom. The summed E-state index contributed by atoms with van der Waals surface area (Å²) in [4.78, 5) is 22.6. The molecule has 0 bridgehead atoms. The van der Waals surface area contributed by atoms with Gasteiger partial charge in [-0.1, -0.05) is 6.92 Å². The van der Waals surface area contributed by atoms with Gasteiger partial charge in [0.05, 0.1) is 0 Å². The van der Waals surface area contributed by atoms with Gasteiger partial charge in [0.2, 0.25) is 0 Å². The highest BCUT2D eigenvalue weighted by molar-refractivity contribution is 5.58. The maximum absolute atomic E-state index is 11.4. The topological polar surface area (TPSA) is 58.6 Å². The second kappa shape index (κ2) is 4.26. The van der Waals surface area contributed by atoms with Crippen molar-refractivity contribution in [1.82, 2.24) is 15.0 Å². The quantitative estimate of drug-likeness (QED) is 0.829. The van der Waals surface area contributed by atoms with Crippen LogP contribution in [-0.2, 0) is 6.42 Å². The number of pyridine rings is 1. The van der Waals surface area contributed by atoms with Crippen molar-refractivity contribution in [2.45, 2.75) is 20.3 Å².